The molecule has 0 saturated heterocycles. The number of aliphatic hydroxyl groups excluding tert-OH is 1. The molecule has 50 heavy (non-hydrogen) atoms. The molecule has 5 rings (SSSR count). The lowest BCUT2D eigenvalue weighted by Crippen LogP contribution is -2.51. The van der Waals surface area contributed by atoms with Crippen LogP contribution in [0.4, 0.5) is 11.4 Å². The van der Waals surface area contributed by atoms with Gasteiger partial charge in [0.1, 0.15) is 5.60 Å². The molecule has 0 heterocycles. The number of aliphatic hydroxyl groups is 2. The van der Waals surface area contributed by atoms with Crippen molar-refractivity contribution in [3.8, 4) is 0 Å². The molecule has 5 N–H and O–H groups in total. The molecule has 0 fully saturated rings. The van der Waals surface area contributed by atoms with Crippen molar-refractivity contribution in [3.63, 3.8) is 0 Å². The smallest absolute Gasteiger partial charge is 0.252 e. The van der Waals surface area contributed by atoms with Crippen molar-refractivity contribution in [2.75, 3.05) is 22.9 Å². The largest absolute Gasteiger partial charge is 0.390 e. The molecule has 0 aromatic heterocycles. The van der Waals surface area contributed by atoms with E-state index in [0.717, 1.165) is 27.3 Å². The summed E-state index contributed by atoms with van der Waals surface area (Å²) in [6.07, 6.45) is -0.138. The highest BCUT2D eigenvalue weighted by Gasteiger charge is 2.40. The van der Waals surface area contributed by atoms with Crippen molar-refractivity contribution in [2.24, 2.45) is 0 Å². The fourth-order valence-corrected chi connectivity index (χ4v) is 6.56. The van der Waals surface area contributed by atoms with Crippen LogP contribution < -0.4 is 20.3 Å². The zero-order chi connectivity index (χ0) is 36.1. The minimum absolute atomic E-state index is 0.0873. The Balaban J connectivity index is 1.35. The molecule has 0 aliphatic heterocycles. The van der Waals surface area contributed by atoms with Gasteiger partial charge in [-0.2, -0.15) is 0 Å². The van der Waals surface area contributed by atoms with E-state index < -0.39 is 45.5 Å². The summed E-state index contributed by atoms with van der Waals surface area (Å²) in [7, 11) is -2.38. The molecule has 262 valence electrons. The van der Waals surface area contributed by atoms with Crippen LogP contribution in [0.1, 0.15) is 64.5 Å². The average Bonchev–Trinajstić information content (AvgIpc) is 3.41. The molecule has 4 aromatic rings. The summed E-state index contributed by atoms with van der Waals surface area (Å²) in [6, 6.07) is 28.8. The maximum absolute atomic E-state index is 13.8. The van der Waals surface area contributed by atoms with E-state index in [9.17, 15) is 33.0 Å². The third kappa shape index (κ3) is 8.75. The third-order valence-electron chi connectivity index (χ3n) is 8.99. The van der Waals surface area contributed by atoms with Crippen molar-refractivity contribution >= 4 is 39.1 Å². The molecule has 0 spiro atoms. The van der Waals surface area contributed by atoms with Gasteiger partial charge in [0.15, 0.2) is 0 Å². The number of fused-ring (bicyclic) bond motifs is 1. The van der Waals surface area contributed by atoms with Crippen LogP contribution in [0.2, 0.25) is 0 Å². The van der Waals surface area contributed by atoms with E-state index in [-0.39, 0.29) is 42.2 Å². The van der Waals surface area contributed by atoms with Gasteiger partial charge in [0, 0.05) is 37.6 Å². The predicted octanol–water partition coefficient (Wildman–Crippen LogP) is 4.04. The molecule has 4 aromatic carbocycles. The average molecular weight is 699 g/mol. The summed E-state index contributed by atoms with van der Waals surface area (Å²) in [5, 5.41) is 31.0. The summed E-state index contributed by atoms with van der Waals surface area (Å²) in [6.45, 7) is 1.82. The van der Waals surface area contributed by atoms with Crippen LogP contribution in [0.5, 0.6) is 0 Å². The van der Waals surface area contributed by atoms with Crippen LogP contribution in [-0.2, 0) is 32.5 Å². The van der Waals surface area contributed by atoms with Gasteiger partial charge in [0.25, 0.3) is 11.8 Å². The van der Waals surface area contributed by atoms with Crippen LogP contribution in [-0.4, -0.2) is 61.4 Å². The van der Waals surface area contributed by atoms with Crippen molar-refractivity contribution in [3.05, 3.63) is 131 Å². The highest BCUT2D eigenvalue weighted by Crippen LogP contribution is 2.33. The molecular weight excluding hydrogens is 657 g/mol. The monoisotopic (exact) mass is 698 g/mol. The Morgan fingerprint density at radius 2 is 1.58 bits per heavy atom. The Bertz CT molecular complexity index is 1960. The third-order valence-corrected chi connectivity index (χ3v) is 10.2. The molecule has 0 saturated carbocycles. The molecule has 0 unspecified atom stereocenters. The SMILES string of the molecule is C[C@@H](NC(=O)c1cc(NC(=O)CC[C@@](O)(Cc2ccccc2)C(=O)N[C@H]2c3ccccc3C[C@H]2O)cc(N(C)S(C)(=O)=O)c1)c1ccccc1. The van der Waals surface area contributed by atoms with Gasteiger partial charge >= 0.3 is 0 Å². The molecule has 0 radical (unpaired) electrons. The van der Waals surface area contributed by atoms with E-state index in [4.69, 9.17) is 0 Å². The number of carbonyl (C=O) groups is 3. The first-order valence-corrected chi connectivity index (χ1v) is 18.2. The zero-order valence-corrected chi connectivity index (χ0v) is 29.0. The van der Waals surface area contributed by atoms with Crippen molar-refractivity contribution < 1.29 is 33.0 Å². The number of amides is 3. The fraction of sp³-hybridized carbons (Fsp3) is 0.289. The molecule has 11 nitrogen and oxygen atoms in total. The van der Waals surface area contributed by atoms with Gasteiger partial charge < -0.3 is 26.2 Å². The first kappa shape index (κ1) is 36.2. The minimum atomic E-state index is -3.72. The van der Waals surface area contributed by atoms with Crippen molar-refractivity contribution in [1.29, 1.82) is 0 Å². The Labute approximate surface area is 292 Å². The van der Waals surface area contributed by atoms with Gasteiger partial charge in [-0.15, -0.1) is 0 Å². The number of hydrogen-bond acceptors (Lipinski definition) is 7. The van der Waals surface area contributed by atoms with Crippen LogP contribution in [0.3, 0.4) is 0 Å². The van der Waals surface area contributed by atoms with E-state index in [1.807, 2.05) is 67.6 Å². The predicted molar refractivity (Wildman–Crippen MR) is 192 cm³/mol. The summed E-state index contributed by atoms with van der Waals surface area (Å²) in [5.41, 5.74) is 1.62. The second-order valence-electron chi connectivity index (χ2n) is 12.8. The highest BCUT2D eigenvalue weighted by atomic mass is 32.2. The first-order valence-electron chi connectivity index (χ1n) is 16.3. The van der Waals surface area contributed by atoms with E-state index in [1.165, 1.54) is 25.2 Å². The number of carbonyl (C=O) groups excluding carboxylic acids is 3. The second kappa shape index (κ2) is 15.2. The maximum Gasteiger partial charge on any atom is 0.252 e. The number of anilines is 2. The maximum atomic E-state index is 13.8. The Morgan fingerprint density at radius 1 is 0.940 bits per heavy atom. The number of rotatable bonds is 13. The quantitative estimate of drug-likeness (QED) is 0.141. The van der Waals surface area contributed by atoms with Crippen LogP contribution >= 0.6 is 0 Å². The van der Waals surface area contributed by atoms with Crippen LogP contribution in [0.25, 0.3) is 0 Å². The molecule has 0 bridgehead atoms. The van der Waals surface area contributed by atoms with Crippen LogP contribution in [0, 0.1) is 0 Å². The molecular formula is C38H42N4O7S. The normalized spacial score (nSPS) is 17.1. The Kier molecular flexibility index (Phi) is 11.0. The Morgan fingerprint density at radius 3 is 2.26 bits per heavy atom. The lowest BCUT2D eigenvalue weighted by molar-refractivity contribution is -0.142. The summed E-state index contributed by atoms with van der Waals surface area (Å²) in [5.74, 6) is -1.78. The van der Waals surface area contributed by atoms with E-state index >= 15 is 0 Å². The minimum Gasteiger partial charge on any atom is -0.390 e. The number of benzene rings is 4. The van der Waals surface area contributed by atoms with Crippen LogP contribution in [0.15, 0.2) is 103 Å². The van der Waals surface area contributed by atoms with Crippen molar-refractivity contribution in [1.82, 2.24) is 10.6 Å². The molecule has 1 aliphatic carbocycles. The van der Waals surface area contributed by atoms with Gasteiger partial charge in [0.2, 0.25) is 15.9 Å². The standard InChI is InChI=1S/C38H42N4O7S/c1-25(27-14-8-5-9-15-27)39-36(45)29-20-30(23-31(21-29)42(2)50(3,48)49)40-34(44)18-19-38(47,24-26-12-6-4-7-13-26)37(46)41-35-32-17-11-10-16-28(32)22-33(35)43/h4-17,20-21,23,25,33,35,43,47H,18-19,22,24H2,1-3H3,(H,39,45)(H,40,44)(H,41,46)/t25-,33-,35+,38-/m1/s1. The lowest BCUT2D eigenvalue weighted by atomic mass is 9.88. The van der Waals surface area contributed by atoms with E-state index in [2.05, 4.69) is 16.0 Å². The Hall–Kier alpha value is -5.04. The number of nitrogens with zero attached hydrogens (tertiary/aromatic N) is 1. The lowest BCUT2D eigenvalue weighted by Gasteiger charge is -2.30. The number of sulfonamides is 1. The molecule has 3 amide bonds. The van der Waals surface area contributed by atoms with Crippen molar-refractivity contribution in [2.45, 2.75) is 56.4 Å². The van der Waals surface area contributed by atoms with Gasteiger partial charge in [-0.3, -0.25) is 18.7 Å². The zero-order valence-electron chi connectivity index (χ0n) is 28.2. The van der Waals surface area contributed by atoms with Gasteiger partial charge in [-0.25, -0.2) is 8.42 Å². The fourth-order valence-electron chi connectivity index (χ4n) is 6.08. The first-order chi connectivity index (χ1) is 23.7. The number of nitrogens with one attached hydrogen (secondary N) is 3. The van der Waals surface area contributed by atoms with E-state index in [0.29, 0.717) is 12.0 Å². The summed E-state index contributed by atoms with van der Waals surface area (Å²) < 4.78 is 25.8. The van der Waals surface area contributed by atoms with E-state index in [1.54, 1.807) is 24.3 Å². The summed E-state index contributed by atoms with van der Waals surface area (Å²) >= 11 is 0. The molecule has 12 heteroatoms. The molecule has 4 atom stereocenters. The molecule has 1 aliphatic rings. The van der Waals surface area contributed by atoms with Gasteiger partial charge in [0.05, 0.1) is 30.1 Å². The van der Waals surface area contributed by atoms with Gasteiger partial charge in [-0.05, 0) is 53.8 Å². The highest BCUT2D eigenvalue weighted by molar-refractivity contribution is 7.92. The second-order valence-corrected chi connectivity index (χ2v) is 14.8. The summed E-state index contributed by atoms with van der Waals surface area (Å²) in [4.78, 5) is 40.5. The number of hydrogen-bond donors (Lipinski definition) is 5. The van der Waals surface area contributed by atoms with Gasteiger partial charge in [-0.1, -0.05) is 84.9 Å². The topological polar surface area (TPSA) is 165 Å².